The van der Waals surface area contributed by atoms with Crippen LogP contribution in [0.3, 0.4) is 0 Å². The number of para-hydroxylation sites is 1. The van der Waals surface area contributed by atoms with E-state index in [1.165, 1.54) is 0 Å². The van der Waals surface area contributed by atoms with Crippen molar-refractivity contribution in [1.82, 2.24) is 10.9 Å². The highest BCUT2D eigenvalue weighted by molar-refractivity contribution is 7.80. The summed E-state index contributed by atoms with van der Waals surface area (Å²) in [6, 6.07) is 7.51. The molecule has 1 aliphatic rings. The molecule has 0 saturated heterocycles. The number of carbonyl (C=O) groups excluding carboxylic acids is 1. The zero-order valence-electron chi connectivity index (χ0n) is 9.10. The lowest BCUT2D eigenvalue weighted by atomic mass is 9.92. The van der Waals surface area contributed by atoms with Crippen LogP contribution in [-0.2, 0) is 4.79 Å². The van der Waals surface area contributed by atoms with Gasteiger partial charge in [-0.2, -0.15) is 0 Å². The largest absolute Gasteiger partial charge is 0.493 e. The Morgan fingerprint density at radius 1 is 1.41 bits per heavy atom. The number of nitrogens with one attached hydrogen (secondary N) is 2. The summed E-state index contributed by atoms with van der Waals surface area (Å²) in [6.07, 6.45) is 0.641. The molecule has 5 nitrogen and oxygen atoms in total. The van der Waals surface area contributed by atoms with E-state index >= 15 is 0 Å². The number of hydrogen-bond acceptors (Lipinski definition) is 3. The lowest BCUT2D eigenvalue weighted by Crippen LogP contribution is -2.46. The minimum absolute atomic E-state index is 0.0405. The summed E-state index contributed by atoms with van der Waals surface area (Å²) in [4.78, 5) is 11.9. The highest BCUT2D eigenvalue weighted by atomic mass is 32.1. The third kappa shape index (κ3) is 2.65. The Kier molecular flexibility index (Phi) is 3.43. The summed E-state index contributed by atoms with van der Waals surface area (Å²) in [7, 11) is 0. The summed E-state index contributed by atoms with van der Waals surface area (Å²) < 4.78 is 5.48. The summed E-state index contributed by atoms with van der Waals surface area (Å²) >= 11 is 4.62. The quantitative estimate of drug-likeness (QED) is 0.498. The zero-order chi connectivity index (χ0) is 12.3. The Bertz CT molecular complexity index is 450. The van der Waals surface area contributed by atoms with Crippen LogP contribution < -0.4 is 21.3 Å². The van der Waals surface area contributed by atoms with E-state index in [0.29, 0.717) is 13.0 Å². The molecule has 0 spiro atoms. The van der Waals surface area contributed by atoms with Crippen LogP contribution in [0.15, 0.2) is 24.3 Å². The van der Waals surface area contributed by atoms with Gasteiger partial charge in [0.1, 0.15) is 5.75 Å². The third-order valence-corrected chi connectivity index (χ3v) is 2.69. The first kappa shape index (κ1) is 11.7. The Balaban J connectivity index is 2.12. The molecule has 0 aliphatic carbocycles. The van der Waals surface area contributed by atoms with E-state index < -0.39 is 0 Å². The minimum Gasteiger partial charge on any atom is -0.493 e. The molecule has 1 aromatic rings. The fraction of sp³-hybridized carbons (Fsp3) is 0.273. The lowest BCUT2D eigenvalue weighted by molar-refractivity contribution is -0.123. The standard InChI is InChI=1S/C11H13N3O2S/c12-11(17)14-13-10(15)8-5-6-16-9-4-2-1-3-7(8)9/h1-4,8H,5-6H2,(H,13,15)(H3,12,14,17). The first-order valence-corrected chi connectivity index (χ1v) is 5.66. The molecule has 1 amide bonds. The van der Waals surface area contributed by atoms with Crippen molar-refractivity contribution in [2.45, 2.75) is 12.3 Å². The molecule has 2 rings (SSSR count). The van der Waals surface area contributed by atoms with Crippen LogP contribution in [0.2, 0.25) is 0 Å². The third-order valence-electron chi connectivity index (χ3n) is 2.58. The molecular formula is C11H13N3O2S. The molecule has 0 fully saturated rings. The number of fused-ring (bicyclic) bond motifs is 1. The molecule has 4 N–H and O–H groups in total. The monoisotopic (exact) mass is 251 g/mol. The number of carbonyl (C=O) groups is 1. The summed E-state index contributed by atoms with van der Waals surface area (Å²) in [5.41, 5.74) is 11.1. The van der Waals surface area contributed by atoms with E-state index in [1.807, 2.05) is 24.3 Å². The predicted octanol–water partition coefficient (Wildman–Crippen LogP) is 0.417. The number of nitrogens with two attached hydrogens (primary N) is 1. The lowest BCUT2D eigenvalue weighted by Gasteiger charge is -2.25. The fourth-order valence-electron chi connectivity index (χ4n) is 1.82. The maximum absolute atomic E-state index is 11.9. The summed E-state index contributed by atoms with van der Waals surface area (Å²) in [5, 5.41) is 0.0405. The van der Waals surface area contributed by atoms with Crippen LogP contribution in [0.5, 0.6) is 5.75 Å². The number of hydrazine groups is 1. The second-order valence-corrected chi connectivity index (χ2v) is 4.15. The van der Waals surface area contributed by atoms with E-state index in [-0.39, 0.29) is 16.9 Å². The highest BCUT2D eigenvalue weighted by Crippen LogP contribution is 2.33. The fourth-order valence-corrected chi connectivity index (χ4v) is 1.88. The highest BCUT2D eigenvalue weighted by Gasteiger charge is 2.27. The number of rotatable bonds is 1. The Hall–Kier alpha value is -1.82. The molecule has 17 heavy (non-hydrogen) atoms. The van der Waals surface area contributed by atoms with Crippen molar-refractivity contribution in [3.05, 3.63) is 29.8 Å². The van der Waals surface area contributed by atoms with E-state index in [2.05, 4.69) is 23.1 Å². The van der Waals surface area contributed by atoms with Gasteiger partial charge in [0.15, 0.2) is 5.11 Å². The topological polar surface area (TPSA) is 76.4 Å². The van der Waals surface area contributed by atoms with Crippen molar-refractivity contribution in [2.75, 3.05) is 6.61 Å². The molecule has 6 heteroatoms. The molecule has 0 radical (unpaired) electrons. The first-order chi connectivity index (χ1) is 8.18. The van der Waals surface area contributed by atoms with Gasteiger partial charge in [0.05, 0.1) is 12.5 Å². The van der Waals surface area contributed by atoms with Gasteiger partial charge in [-0.15, -0.1) is 0 Å². The molecule has 1 aromatic carbocycles. The summed E-state index contributed by atoms with van der Waals surface area (Å²) in [6.45, 7) is 0.530. The van der Waals surface area contributed by atoms with E-state index in [1.54, 1.807) is 0 Å². The van der Waals surface area contributed by atoms with Gasteiger partial charge < -0.3 is 10.5 Å². The van der Waals surface area contributed by atoms with Gasteiger partial charge in [0.2, 0.25) is 5.91 Å². The molecule has 1 unspecified atom stereocenters. The molecule has 90 valence electrons. The van der Waals surface area contributed by atoms with Crippen LogP contribution in [-0.4, -0.2) is 17.6 Å². The van der Waals surface area contributed by atoms with Gasteiger partial charge in [-0.1, -0.05) is 18.2 Å². The van der Waals surface area contributed by atoms with E-state index in [4.69, 9.17) is 10.5 Å². The van der Waals surface area contributed by atoms with Gasteiger partial charge in [-0.05, 0) is 24.7 Å². The number of amides is 1. The van der Waals surface area contributed by atoms with Crippen LogP contribution in [0.25, 0.3) is 0 Å². The molecule has 0 aromatic heterocycles. The van der Waals surface area contributed by atoms with Gasteiger partial charge in [-0.25, -0.2) is 0 Å². The molecule has 1 atom stereocenters. The van der Waals surface area contributed by atoms with Crippen molar-refractivity contribution < 1.29 is 9.53 Å². The molecule has 0 saturated carbocycles. The Morgan fingerprint density at radius 3 is 2.94 bits per heavy atom. The van der Waals surface area contributed by atoms with Gasteiger partial charge in [0, 0.05) is 5.56 Å². The Labute approximate surface area is 104 Å². The zero-order valence-corrected chi connectivity index (χ0v) is 9.92. The van der Waals surface area contributed by atoms with Crippen LogP contribution >= 0.6 is 12.2 Å². The maximum Gasteiger partial charge on any atom is 0.246 e. The van der Waals surface area contributed by atoms with Crippen molar-refractivity contribution in [1.29, 1.82) is 0 Å². The van der Waals surface area contributed by atoms with Gasteiger partial charge in [-0.3, -0.25) is 15.6 Å². The minimum atomic E-state index is -0.234. The molecular weight excluding hydrogens is 238 g/mol. The smallest absolute Gasteiger partial charge is 0.246 e. The number of benzene rings is 1. The van der Waals surface area contributed by atoms with Crippen molar-refractivity contribution in [3.8, 4) is 5.75 Å². The van der Waals surface area contributed by atoms with Crippen LogP contribution in [0.1, 0.15) is 17.9 Å². The average molecular weight is 251 g/mol. The van der Waals surface area contributed by atoms with E-state index in [9.17, 15) is 4.79 Å². The average Bonchev–Trinajstić information content (AvgIpc) is 2.35. The van der Waals surface area contributed by atoms with Crippen LogP contribution in [0.4, 0.5) is 0 Å². The molecule has 1 heterocycles. The van der Waals surface area contributed by atoms with E-state index in [0.717, 1.165) is 11.3 Å². The number of hydrogen-bond donors (Lipinski definition) is 3. The van der Waals surface area contributed by atoms with Crippen molar-refractivity contribution in [2.24, 2.45) is 5.73 Å². The molecule has 1 aliphatic heterocycles. The van der Waals surface area contributed by atoms with Gasteiger partial charge in [0.25, 0.3) is 0 Å². The number of ether oxygens (including phenoxy) is 1. The second-order valence-electron chi connectivity index (χ2n) is 3.71. The van der Waals surface area contributed by atoms with Crippen molar-refractivity contribution >= 4 is 23.2 Å². The van der Waals surface area contributed by atoms with Crippen LogP contribution in [0, 0.1) is 0 Å². The number of thiocarbonyl (C=S) groups is 1. The molecule has 0 bridgehead atoms. The van der Waals surface area contributed by atoms with Crippen molar-refractivity contribution in [3.63, 3.8) is 0 Å². The summed E-state index contributed by atoms with van der Waals surface area (Å²) in [5.74, 6) is 0.365. The SMILES string of the molecule is NC(=S)NNC(=O)C1CCOc2ccccc21. The second kappa shape index (κ2) is 5.01. The first-order valence-electron chi connectivity index (χ1n) is 5.25. The van der Waals surface area contributed by atoms with Gasteiger partial charge >= 0.3 is 0 Å². The maximum atomic E-state index is 11.9. The normalized spacial score (nSPS) is 17.5. The predicted molar refractivity (Wildman–Crippen MR) is 67.4 cm³/mol. The Morgan fingerprint density at radius 2 is 2.18 bits per heavy atom.